The quantitative estimate of drug-likeness (QED) is 0.897. The molecule has 0 spiro atoms. The molecule has 1 aliphatic rings. The van der Waals surface area contributed by atoms with E-state index in [1.165, 1.54) is 5.56 Å². The molecule has 102 valence electrons. The van der Waals surface area contributed by atoms with Crippen LogP contribution in [0.2, 0.25) is 0 Å². The van der Waals surface area contributed by atoms with Crippen LogP contribution in [-0.4, -0.2) is 5.91 Å². The molecule has 0 saturated heterocycles. The van der Waals surface area contributed by atoms with Gasteiger partial charge < -0.3 is 11.1 Å². The van der Waals surface area contributed by atoms with E-state index in [0.717, 1.165) is 29.5 Å². The van der Waals surface area contributed by atoms with Crippen molar-refractivity contribution in [3.63, 3.8) is 0 Å². The van der Waals surface area contributed by atoms with Crippen molar-refractivity contribution in [1.29, 1.82) is 0 Å². The Bertz CT molecular complexity index is 622. The highest BCUT2D eigenvalue weighted by Crippen LogP contribution is 2.31. The van der Waals surface area contributed by atoms with Crippen LogP contribution in [0, 0.1) is 0 Å². The molecule has 0 saturated carbocycles. The van der Waals surface area contributed by atoms with Crippen molar-refractivity contribution in [3.8, 4) is 0 Å². The van der Waals surface area contributed by atoms with E-state index >= 15 is 0 Å². The summed E-state index contributed by atoms with van der Waals surface area (Å²) in [6.45, 7) is 0.540. The SMILES string of the molecule is N[C@H]1CCc2cccc(C(=O)NCc3ccccc3)c21. The van der Waals surface area contributed by atoms with Gasteiger partial charge >= 0.3 is 0 Å². The monoisotopic (exact) mass is 266 g/mol. The Morgan fingerprint density at radius 3 is 2.75 bits per heavy atom. The van der Waals surface area contributed by atoms with Gasteiger partial charge in [-0.25, -0.2) is 0 Å². The number of amides is 1. The van der Waals surface area contributed by atoms with Crippen molar-refractivity contribution >= 4 is 5.91 Å². The number of hydrogen-bond donors (Lipinski definition) is 2. The van der Waals surface area contributed by atoms with Crippen LogP contribution in [0.3, 0.4) is 0 Å². The first kappa shape index (κ1) is 12.9. The van der Waals surface area contributed by atoms with Gasteiger partial charge in [-0.3, -0.25) is 4.79 Å². The largest absolute Gasteiger partial charge is 0.348 e. The standard InChI is InChI=1S/C17H18N2O/c18-15-10-9-13-7-4-8-14(16(13)15)17(20)19-11-12-5-2-1-3-6-12/h1-8,15H,9-11,18H2,(H,19,20)/t15-/m0/s1. The third-order valence-corrected chi connectivity index (χ3v) is 3.83. The minimum absolute atomic E-state index is 0.0105. The second-order valence-electron chi connectivity index (χ2n) is 5.19. The van der Waals surface area contributed by atoms with Crippen molar-refractivity contribution in [1.82, 2.24) is 5.32 Å². The number of rotatable bonds is 3. The Hall–Kier alpha value is -2.13. The lowest BCUT2D eigenvalue weighted by molar-refractivity contribution is 0.0949. The summed E-state index contributed by atoms with van der Waals surface area (Å²) in [5.41, 5.74) is 10.2. The molecule has 3 nitrogen and oxygen atoms in total. The van der Waals surface area contributed by atoms with Crippen molar-refractivity contribution in [2.75, 3.05) is 0 Å². The van der Waals surface area contributed by atoms with E-state index in [-0.39, 0.29) is 11.9 Å². The van der Waals surface area contributed by atoms with Crippen molar-refractivity contribution in [3.05, 3.63) is 70.8 Å². The van der Waals surface area contributed by atoms with E-state index in [4.69, 9.17) is 5.73 Å². The molecule has 2 aromatic carbocycles. The van der Waals surface area contributed by atoms with Gasteiger partial charge in [0.05, 0.1) is 0 Å². The summed E-state index contributed by atoms with van der Waals surface area (Å²) >= 11 is 0. The van der Waals surface area contributed by atoms with Crippen LogP contribution in [-0.2, 0) is 13.0 Å². The number of aryl methyl sites for hydroxylation is 1. The van der Waals surface area contributed by atoms with Gasteiger partial charge in [0.25, 0.3) is 5.91 Å². The van der Waals surface area contributed by atoms with Gasteiger partial charge in [-0.1, -0.05) is 42.5 Å². The highest BCUT2D eigenvalue weighted by atomic mass is 16.1. The fourth-order valence-electron chi connectivity index (χ4n) is 2.80. The molecule has 1 atom stereocenters. The Labute approximate surface area is 118 Å². The molecular formula is C17H18N2O. The first-order chi connectivity index (χ1) is 9.75. The Balaban J connectivity index is 1.77. The lowest BCUT2D eigenvalue weighted by atomic mass is 10.0. The van der Waals surface area contributed by atoms with Gasteiger partial charge in [0, 0.05) is 18.2 Å². The summed E-state index contributed by atoms with van der Waals surface area (Å²) in [6, 6.07) is 15.8. The van der Waals surface area contributed by atoms with E-state index in [1.807, 2.05) is 42.5 Å². The van der Waals surface area contributed by atoms with Gasteiger partial charge in [0.1, 0.15) is 0 Å². The summed E-state index contributed by atoms with van der Waals surface area (Å²) in [4.78, 5) is 12.4. The molecule has 0 aromatic heterocycles. The first-order valence-electron chi connectivity index (χ1n) is 6.95. The normalized spacial score (nSPS) is 16.8. The van der Waals surface area contributed by atoms with Gasteiger partial charge in [0.15, 0.2) is 0 Å². The summed E-state index contributed by atoms with van der Waals surface area (Å²) in [6.07, 6.45) is 1.90. The summed E-state index contributed by atoms with van der Waals surface area (Å²) < 4.78 is 0. The second kappa shape index (κ2) is 5.47. The number of nitrogens with one attached hydrogen (secondary N) is 1. The summed E-state index contributed by atoms with van der Waals surface area (Å²) in [7, 11) is 0. The molecule has 20 heavy (non-hydrogen) atoms. The number of carbonyl (C=O) groups excluding carboxylic acids is 1. The van der Waals surface area contributed by atoms with Crippen molar-refractivity contribution < 1.29 is 4.79 Å². The van der Waals surface area contributed by atoms with Gasteiger partial charge in [-0.05, 0) is 35.6 Å². The van der Waals surface area contributed by atoms with Gasteiger partial charge in [-0.2, -0.15) is 0 Å². The number of carbonyl (C=O) groups is 1. The van der Waals surface area contributed by atoms with Crippen LogP contribution in [0.5, 0.6) is 0 Å². The molecule has 0 radical (unpaired) electrons. The predicted octanol–water partition coefficient (Wildman–Crippen LogP) is 2.56. The van der Waals surface area contributed by atoms with Crippen LogP contribution in [0.15, 0.2) is 48.5 Å². The summed E-state index contributed by atoms with van der Waals surface area (Å²) in [5.74, 6) is -0.0388. The minimum atomic E-state index is -0.0388. The van der Waals surface area contributed by atoms with Crippen LogP contribution in [0.25, 0.3) is 0 Å². The maximum atomic E-state index is 12.4. The third kappa shape index (κ3) is 2.45. The smallest absolute Gasteiger partial charge is 0.251 e. The molecule has 3 heteroatoms. The number of fused-ring (bicyclic) bond motifs is 1. The average Bonchev–Trinajstić information content (AvgIpc) is 2.87. The van der Waals surface area contributed by atoms with E-state index in [9.17, 15) is 4.79 Å². The van der Waals surface area contributed by atoms with E-state index < -0.39 is 0 Å². The molecule has 0 bridgehead atoms. The Morgan fingerprint density at radius 2 is 1.95 bits per heavy atom. The maximum Gasteiger partial charge on any atom is 0.251 e. The van der Waals surface area contributed by atoms with Crippen LogP contribution in [0.4, 0.5) is 0 Å². The molecule has 1 amide bonds. The molecule has 0 fully saturated rings. The molecule has 0 unspecified atom stereocenters. The second-order valence-corrected chi connectivity index (χ2v) is 5.19. The molecule has 3 N–H and O–H groups in total. The molecule has 2 aromatic rings. The third-order valence-electron chi connectivity index (χ3n) is 3.83. The first-order valence-corrected chi connectivity index (χ1v) is 6.95. The van der Waals surface area contributed by atoms with E-state index in [0.29, 0.717) is 6.54 Å². The fourth-order valence-corrected chi connectivity index (χ4v) is 2.80. The minimum Gasteiger partial charge on any atom is -0.348 e. The fraction of sp³-hybridized carbons (Fsp3) is 0.235. The van der Waals surface area contributed by atoms with E-state index in [2.05, 4.69) is 11.4 Å². The van der Waals surface area contributed by atoms with Crippen molar-refractivity contribution in [2.24, 2.45) is 5.73 Å². The Morgan fingerprint density at radius 1 is 1.15 bits per heavy atom. The zero-order valence-electron chi connectivity index (χ0n) is 11.3. The molecule has 3 rings (SSSR count). The number of benzene rings is 2. The summed E-state index contributed by atoms with van der Waals surface area (Å²) in [5, 5.41) is 2.97. The Kier molecular flexibility index (Phi) is 3.52. The predicted molar refractivity (Wildman–Crippen MR) is 79.3 cm³/mol. The molecule has 0 heterocycles. The van der Waals surface area contributed by atoms with Gasteiger partial charge in [0.2, 0.25) is 0 Å². The zero-order chi connectivity index (χ0) is 13.9. The van der Waals surface area contributed by atoms with Crippen LogP contribution in [0.1, 0.15) is 39.5 Å². The average molecular weight is 266 g/mol. The highest BCUT2D eigenvalue weighted by Gasteiger charge is 2.24. The highest BCUT2D eigenvalue weighted by molar-refractivity contribution is 5.96. The van der Waals surface area contributed by atoms with Crippen molar-refractivity contribution in [2.45, 2.75) is 25.4 Å². The van der Waals surface area contributed by atoms with Crippen LogP contribution < -0.4 is 11.1 Å². The lowest BCUT2D eigenvalue weighted by Gasteiger charge is -2.12. The van der Waals surface area contributed by atoms with Gasteiger partial charge in [-0.15, -0.1) is 0 Å². The van der Waals surface area contributed by atoms with E-state index in [1.54, 1.807) is 0 Å². The molecular weight excluding hydrogens is 248 g/mol. The lowest BCUT2D eigenvalue weighted by Crippen LogP contribution is -2.25. The molecule has 1 aliphatic carbocycles. The maximum absolute atomic E-state index is 12.4. The number of hydrogen-bond acceptors (Lipinski definition) is 2. The zero-order valence-corrected chi connectivity index (χ0v) is 11.3. The molecule has 0 aliphatic heterocycles. The topological polar surface area (TPSA) is 55.1 Å². The van der Waals surface area contributed by atoms with Crippen LogP contribution >= 0.6 is 0 Å². The number of nitrogens with two attached hydrogens (primary N) is 1.